The van der Waals surface area contributed by atoms with Crippen molar-refractivity contribution >= 4 is 5.91 Å². The molecule has 1 amide bonds. The molecule has 0 radical (unpaired) electrons. The summed E-state index contributed by atoms with van der Waals surface area (Å²) in [5.74, 6) is 0.0567. The number of amides is 1. The van der Waals surface area contributed by atoms with Gasteiger partial charge in [0.2, 0.25) is 0 Å². The molecular weight excluding hydrogens is 254 g/mol. The van der Waals surface area contributed by atoms with Crippen molar-refractivity contribution in [2.75, 3.05) is 33.4 Å². The maximum absolute atomic E-state index is 12.6. The fourth-order valence-electron chi connectivity index (χ4n) is 2.52. The number of nitrogens with one attached hydrogen (secondary N) is 1. The van der Waals surface area contributed by atoms with Gasteiger partial charge in [0.25, 0.3) is 5.91 Å². The third-order valence-corrected chi connectivity index (χ3v) is 3.60. The van der Waals surface area contributed by atoms with Crippen LogP contribution in [0.2, 0.25) is 0 Å². The minimum Gasteiger partial charge on any atom is -0.383 e. The second-order valence-electron chi connectivity index (χ2n) is 5.22. The lowest BCUT2D eigenvalue weighted by Gasteiger charge is -2.25. The second kappa shape index (κ2) is 7.36. The molecule has 0 aromatic carbocycles. The molecule has 0 spiro atoms. The Morgan fingerprint density at radius 2 is 2.45 bits per heavy atom. The quantitative estimate of drug-likeness (QED) is 0.850. The van der Waals surface area contributed by atoms with E-state index >= 15 is 0 Å². The number of methoxy groups -OCH3 is 1. The zero-order valence-corrected chi connectivity index (χ0v) is 12.3. The Hall–Kier alpha value is -1.46. The van der Waals surface area contributed by atoms with Crippen LogP contribution in [-0.2, 0) is 4.74 Å². The fraction of sp³-hybridized carbons (Fsp3) is 0.600. The Bertz CT molecular complexity index is 444. The number of hydrogen-bond acceptors (Lipinski definition) is 4. The first kappa shape index (κ1) is 14.9. The van der Waals surface area contributed by atoms with E-state index in [1.807, 2.05) is 17.9 Å². The van der Waals surface area contributed by atoms with Crippen LogP contribution in [0.3, 0.4) is 0 Å². The second-order valence-corrected chi connectivity index (χ2v) is 5.22. The van der Waals surface area contributed by atoms with E-state index in [9.17, 15) is 4.79 Å². The third-order valence-electron chi connectivity index (χ3n) is 3.60. The molecule has 110 valence electrons. The number of hydrogen-bond donors (Lipinski definition) is 1. The highest BCUT2D eigenvalue weighted by Gasteiger charge is 2.22. The third kappa shape index (κ3) is 4.02. The van der Waals surface area contributed by atoms with Gasteiger partial charge in [0.15, 0.2) is 0 Å². The van der Waals surface area contributed by atoms with Gasteiger partial charge in [-0.05, 0) is 38.4 Å². The summed E-state index contributed by atoms with van der Waals surface area (Å²) < 4.78 is 5.12. The van der Waals surface area contributed by atoms with E-state index in [1.165, 1.54) is 6.42 Å². The van der Waals surface area contributed by atoms with Crippen molar-refractivity contribution in [3.63, 3.8) is 0 Å². The van der Waals surface area contributed by atoms with E-state index in [0.717, 1.165) is 25.2 Å². The van der Waals surface area contributed by atoms with Crippen LogP contribution < -0.4 is 5.32 Å². The van der Waals surface area contributed by atoms with Gasteiger partial charge in [-0.1, -0.05) is 0 Å². The van der Waals surface area contributed by atoms with Crippen LogP contribution in [0.15, 0.2) is 18.3 Å². The van der Waals surface area contributed by atoms with Crippen LogP contribution >= 0.6 is 0 Å². The normalized spacial score (nSPS) is 18.2. The van der Waals surface area contributed by atoms with Crippen molar-refractivity contribution in [1.82, 2.24) is 15.2 Å². The van der Waals surface area contributed by atoms with Crippen LogP contribution in [0.25, 0.3) is 0 Å². The van der Waals surface area contributed by atoms with Gasteiger partial charge in [0.05, 0.1) is 6.61 Å². The lowest BCUT2D eigenvalue weighted by atomic mass is 10.1. The molecule has 2 heterocycles. The predicted molar refractivity (Wildman–Crippen MR) is 77.8 cm³/mol. The lowest BCUT2D eigenvalue weighted by molar-refractivity contribution is 0.0679. The molecule has 1 fully saturated rings. The summed E-state index contributed by atoms with van der Waals surface area (Å²) in [6, 6.07) is 4.01. The maximum Gasteiger partial charge on any atom is 0.254 e. The van der Waals surface area contributed by atoms with E-state index in [2.05, 4.69) is 10.3 Å². The number of ether oxygens (including phenoxy) is 1. The Morgan fingerprint density at radius 3 is 3.10 bits per heavy atom. The molecule has 1 saturated heterocycles. The van der Waals surface area contributed by atoms with E-state index in [-0.39, 0.29) is 5.91 Å². The summed E-state index contributed by atoms with van der Waals surface area (Å²) in [5, 5.41) is 3.43. The van der Waals surface area contributed by atoms with Crippen LogP contribution in [-0.4, -0.2) is 55.2 Å². The Labute approximate surface area is 120 Å². The molecule has 1 aromatic rings. The van der Waals surface area contributed by atoms with Crippen LogP contribution in [0.5, 0.6) is 0 Å². The number of aromatic nitrogens is 1. The number of carbonyl (C=O) groups excluding carboxylic acids is 1. The van der Waals surface area contributed by atoms with Crippen LogP contribution in [0, 0.1) is 6.92 Å². The predicted octanol–water partition coefficient (Wildman–Crippen LogP) is 1.23. The van der Waals surface area contributed by atoms with Gasteiger partial charge in [0, 0.05) is 43.7 Å². The van der Waals surface area contributed by atoms with Gasteiger partial charge < -0.3 is 15.0 Å². The van der Waals surface area contributed by atoms with Crippen LogP contribution in [0.1, 0.15) is 28.9 Å². The number of aryl methyl sites for hydroxylation is 1. The first-order chi connectivity index (χ1) is 9.70. The lowest BCUT2D eigenvalue weighted by Crippen LogP contribution is -2.42. The smallest absolute Gasteiger partial charge is 0.254 e. The van der Waals surface area contributed by atoms with Crippen molar-refractivity contribution in [3.8, 4) is 0 Å². The van der Waals surface area contributed by atoms with Crippen molar-refractivity contribution < 1.29 is 9.53 Å². The minimum absolute atomic E-state index is 0.0567. The number of nitrogens with zero attached hydrogens (tertiary/aromatic N) is 2. The zero-order chi connectivity index (χ0) is 14.4. The topological polar surface area (TPSA) is 54.5 Å². The first-order valence-electron chi connectivity index (χ1n) is 7.15. The van der Waals surface area contributed by atoms with Crippen molar-refractivity contribution in [2.24, 2.45) is 0 Å². The minimum atomic E-state index is 0.0567. The van der Waals surface area contributed by atoms with Crippen molar-refractivity contribution in [2.45, 2.75) is 25.8 Å². The van der Waals surface area contributed by atoms with Gasteiger partial charge in [-0.25, -0.2) is 0 Å². The monoisotopic (exact) mass is 277 g/mol. The molecule has 1 aliphatic heterocycles. The Morgan fingerprint density at radius 1 is 1.60 bits per heavy atom. The summed E-state index contributed by atoms with van der Waals surface area (Å²) in [6.07, 6.45) is 4.00. The Kier molecular flexibility index (Phi) is 5.49. The number of rotatable bonds is 6. The van der Waals surface area contributed by atoms with E-state index < -0.39 is 0 Å². The summed E-state index contributed by atoms with van der Waals surface area (Å²) >= 11 is 0. The highest BCUT2D eigenvalue weighted by Crippen LogP contribution is 2.11. The summed E-state index contributed by atoms with van der Waals surface area (Å²) in [6.45, 7) is 4.86. The fourth-order valence-corrected chi connectivity index (χ4v) is 2.52. The van der Waals surface area contributed by atoms with Gasteiger partial charge in [0.1, 0.15) is 0 Å². The van der Waals surface area contributed by atoms with Crippen LogP contribution in [0.4, 0.5) is 0 Å². The molecule has 0 saturated carbocycles. The summed E-state index contributed by atoms with van der Waals surface area (Å²) in [5.41, 5.74) is 1.56. The van der Waals surface area contributed by atoms with Crippen molar-refractivity contribution in [1.29, 1.82) is 0 Å². The molecule has 0 aliphatic carbocycles. The summed E-state index contributed by atoms with van der Waals surface area (Å²) in [7, 11) is 1.66. The number of carbonyl (C=O) groups is 1. The van der Waals surface area contributed by atoms with E-state index in [4.69, 9.17) is 4.74 Å². The zero-order valence-electron chi connectivity index (χ0n) is 12.3. The van der Waals surface area contributed by atoms with Gasteiger partial charge in [-0.15, -0.1) is 0 Å². The average Bonchev–Trinajstić information content (AvgIpc) is 2.95. The highest BCUT2D eigenvalue weighted by atomic mass is 16.5. The van der Waals surface area contributed by atoms with Gasteiger partial charge in [-0.2, -0.15) is 0 Å². The molecule has 20 heavy (non-hydrogen) atoms. The van der Waals surface area contributed by atoms with Gasteiger partial charge in [-0.3, -0.25) is 9.78 Å². The molecule has 5 heteroatoms. The average molecular weight is 277 g/mol. The molecule has 5 nitrogen and oxygen atoms in total. The molecule has 1 unspecified atom stereocenters. The molecule has 1 N–H and O–H groups in total. The molecule has 1 aliphatic rings. The van der Waals surface area contributed by atoms with Crippen molar-refractivity contribution in [3.05, 3.63) is 29.6 Å². The van der Waals surface area contributed by atoms with E-state index in [1.54, 1.807) is 19.4 Å². The summed E-state index contributed by atoms with van der Waals surface area (Å²) in [4.78, 5) is 18.6. The number of pyridine rings is 1. The standard InChI is InChI=1S/C15H23N3O2/c1-12-10-13(5-7-16-12)15(19)18(8-9-20-2)11-14-4-3-6-17-14/h5,7,10,14,17H,3-4,6,8-9,11H2,1-2H3. The molecule has 1 aromatic heterocycles. The van der Waals surface area contributed by atoms with Gasteiger partial charge >= 0.3 is 0 Å². The molecule has 2 rings (SSSR count). The first-order valence-corrected chi connectivity index (χ1v) is 7.15. The largest absolute Gasteiger partial charge is 0.383 e. The Balaban J connectivity index is 2.05. The molecular formula is C15H23N3O2. The molecule has 1 atom stereocenters. The highest BCUT2D eigenvalue weighted by molar-refractivity contribution is 5.94. The molecule has 0 bridgehead atoms. The SMILES string of the molecule is COCCN(CC1CCCN1)C(=O)c1ccnc(C)c1. The maximum atomic E-state index is 12.6. The van der Waals surface area contributed by atoms with E-state index in [0.29, 0.717) is 24.8 Å².